The molecule has 0 aromatic heterocycles. The zero-order valence-corrected chi connectivity index (χ0v) is 8.52. The quantitative estimate of drug-likeness (QED) is 0.770. The van der Waals surface area contributed by atoms with Crippen LogP contribution in [0.1, 0.15) is 5.56 Å². The molecule has 1 fully saturated rings. The van der Waals surface area contributed by atoms with Crippen molar-refractivity contribution >= 4 is 11.8 Å². The normalized spacial score (nSPS) is 22.9. The Morgan fingerprint density at radius 3 is 2.85 bits per heavy atom. The van der Waals surface area contributed by atoms with E-state index in [-0.39, 0.29) is 0 Å². The van der Waals surface area contributed by atoms with Gasteiger partial charge in [-0.05, 0) is 12.0 Å². The van der Waals surface area contributed by atoms with Gasteiger partial charge in [-0.3, -0.25) is 0 Å². The van der Waals surface area contributed by atoms with Crippen LogP contribution in [0.5, 0.6) is 0 Å². The SMILES string of the molecule is c1ccc(C[C@H]2CNCCS2)cc1. The van der Waals surface area contributed by atoms with E-state index in [2.05, 4.69) is 47.4 Å². The molecule has 0 unspecified atom stereocenters. The first-order valence-electron chi connectivity index (χ1n) is 4.81. The van der Waals surface area contributed by atoms with Gasteiger partial charge in [-0.25, -0.2) is 0 Å². The van der Waals surface area contributed by atoms with Gasteiger partial charge in [0.1, 0.15) is 0 Å². The van der Waals surface area contributed by atoms with Crippen molar-refractivity contribution in [3.63, 3.8) is 0 Å². The highest BCUT2D eigenvalue weighted by atomic mass is 32.2. The van der Waals surface area contributed by atoms with E-state index in [1.54, 1.807) is 0 Å². The summed E-state index contributed by atoms with van der Waals surface area (Å²) in [6.07, 6.45) is 1.21. The smallest absolute Gasteiger partial charge is 0.0213 e. The van der Waals surface area contributed by atoms with E-state index in [0.29, 0.717) is 0 Å². The summed E-state index contributed by atoms with van der Waals surface area (Å²) in [6.45, 7) is 2.34. The predicted molar refractivity (Wildman–Crippen MR) is 59.3 cm³/mol. The highest BCUT2D eigenvalue weighted by Crippen LogP contribution is 2.17. The predicted octanol–water partition coefficient (Wildman–Crippen LogP) is 1.93. The fourth-order valence-corrected chi connectivity index (χ4v) is 2.77. The molecule has 0 saturated carbocycles. The minimum atomic E-state index is 0.774. The van der Waals surface area contributed by atoms with Crippen LogP contribution in [-0.2, 0) is 6.42 Å². The Hall–Kier alpha value is -0.470. The van der Waals surface area contributed by atoms with Gasteiger partial charge in [-0.15, -0.1) is 0 Å². The average molecular weight is 193 g/mol. The van der Waals surface area contributed by atoms with Crippen LogP contribution in [0, 0.1) is 0 Å². The van der Waals surface area contributed by atoms with E-state index in [0.717, 1.165) is 5.25 Å². The monoisotopic (exact) mass is 193 g/mol. The minimum absolute atomic E-state index is 0.774. The van der Waals surface area contributed by atoms with Crippen molar-refractivity contribution in [2.24, 2.45) is 0 Å². The summed E-state index contributed by atoms with van der Waals surface area (Å²) in [4.78, 5) is 0. The van der Waals surface area contributed by atoms with Gasteiger partial charge >= 0.3 is 0 Å². The van der Waals surface area contributed by atoms with E-state index >= 15 is 0 Å². The summed E-state index contributed by atoms with van der Waals surface area (Å²) >= 11 is 2.10. The third kappa shape index (κ3) is 2.75. The molecule has 1 aliphatic rings. The standard InChI is InChI=1S/C11H15NS/c1-2-4-10(5-3-1)8-11-9-12-6-7-13-11/h1-5,11-12H,6-9H2/t11-/m0/s1. The fraction of sp³-hybridized carbons (Fsp3) is 0.455. The average Bonchev–Trinajstić information content (AvgIpc) is 2.21. The lowest BCUT2D eigenvalue weighted by atomic mass is 10.1. The highest BCUT2D eigenvalue weighted by molar-refractivity contribution is 8.00. The summed E-state index contributed by atoms with van der Waals surface area (Å²) in [5.41, 5.74) is 1.46. The first kappa shape index (κ1) is 9.10. The summed E-state index contributed by atoms with van der Waals surface area (Å²) in [6, 6.07) is 10.8. The number of hydrogen-bond donors (Lipinski definition) is 1. The van der Waals surface area contributed by atoms with Crippen LogP contribution in [0.2, 0.25) is 0 Å². The molecule has 1 atom stereocenters. The van der Waals surface area contributed by atoms with Crippen molar-refractivity contribution < 1.29 is 0 Å². The highest BCUT2D eigenvalue weighted by Gasteiger charge is 2.13. The third-order valence-electron chi connectivity index (χ3n) is 2.31. The molecule has 13 heavy (non-hydrogen) atoms. The van der Waals surface area contributed by atoms with E-state index in [1.165, 1.54) is 30.8 Å². The Labute approximate surface area is 83.9 Å². The number of thioether (sulfide) groups is 1. The molecule has 0 bridgehead atoms. The molecule has 1 saturated heterocycles. The van der Waals surface area contributed by atoms with Gasteiger partial charge in [0.25, 0.3) is 0 Å². The minimum Gasteiger partial charge on any atom is -0.315 e. The van der Waals surface area contributed by atoms with Crippen LogP contribution >= 0.6 is 11.8 Å². The molecule has 1 nitrogen and oxygen atoms in total. The second kappa shape index (κ2) is 4.68. The number of nitrogens with one attached hydrogen (secondary N) is 1. The van der Waals surface area contributed by atoms with Crippen molar-refractivity contribution in [1.82, 2.24) is 5.32 Å². The Kier molecular flexibility index (Phi) is 3.27. The van der Waals surface area contributed by atoms with Crippen LogP contribution in [0.3, 0.4) is 0 Å². The maximum absolute atomic E-state index is 3.43. The number of rotatable bonds is 2. The molecule has 2 heteroatoms. The maximum atomic E-state index is 3.43. The number of benzene rings is 1. The zero-order chi connectivity index (χ0) is 8.93. The van der Waals surface area contributed by atoms with Gasteiger partial charge in [0.15, 0.2) is 0 Å². The maximum Gasteiger partial charge on any atom is 0.0213 e. The van der Waals surface area contributed by atoms with Crippen LogP contribution in [0.25, 0.3) is 0 Å². The third-order valence-corrected chi connectivity index (χ3v) is 3.56. The topological polar surface area (TPSA) is 12.0 Å². The molecule has 2 rings (SSSR count). The summed E-state index contributed by atoms with van der Waals surface area (Å²) in [5.74, 6) is 1.26. The van der Waals surface area contributed by atoms with E-state index < -0.39 is 0 Å². The van der Waals surface area contributed by atoms with Gasteiger partial charge in [0.05, 0.1) is 0 Å². The summed E-state index contributed by atoms with van der Waals surface area (Å²) < 4.78 is 0. The van der Waals surface area contributed by atoms with Crippen molar-refractivity contribution in [2.45, 2.75) is 11.7 Å². The summed E-state index contributed by atoms with van der Waals surface area (Å²) in [7, 11) is 0. The molecule has 0 aliphatic carbocycles. The van der Waals surface area contributed by atoms with Gasteiger partial charge in [0, 0.05) is 24.1 Å². The molecule has 0 spiro atoms. The van der Waals surface area contributed by atoms with E-state index in [4.69, 9.17) is 0 Å². The Bertz CT molecular complexity index is 242. The van der Waals surface area contributed by atoms with Gasteiger partial charge in [0.2, 0.25) is 0 Å². The lowest BCUT2D eigenvalue weighted by molar-refractivity contribution is 0.666. The Morgan fingerprint density at radius 1 is 1.31 bits per heavy atom. The largest absolute Gasteiger partial charge is 0.315 e. The summed E-state index contributed by atoms with van der Waals surface area (Å²) in [5, 5.41) is 4.21. The van der Waals surface area contributed by atoms with Crippen LogP contribution in [0.15, 0.2) is 30.3 Å². The molecular weight excluding hydrogens is 178 g/mol. The molecule has 70 valence electrons. The first-order valence-corrected chi connectivity index (χ1v) is 5.86. The van der Waals surface area contributed by atoms with Gasteiger partial charge in [-0.2, -0.15) is 11.8 Å². The molecule has 0 radical (unpaired) electrons. The van der Waals surface area contributed by atoms with Crippen LogP contribution < -0.4 is 5.32 Å². The molecule has 1 aromatic rings. The lowest BCUT2D eigenvalue weighted by Gasteiger charge is -2.22. The number of hydrogen-bond acceptors (Lipinski definition) is 2. The Morgan fingerprint density at radius 2 is 2.15 bits per heavy atom. The molecule has 0 amide bonds. The molecule has 1 heterocycles. The van der Waals surface area contributed by atoms with Crippen molar-refractivity contribution in [3.8, 4) is 0 Å². The molecule has 1 N–H and O–H groups in total. The van der Waals surface area contributed by atoms with Crippen molar-refractivity contribution in [3.05, 3.63) is 35.9 Å². The zero-order valence-electron chi connectivity index (χ0n) is 7.70. The van der Waals surface area contributed by atoms with Crippen molar-refractivity contribution in [1.29, 1.82) is 0 Å². The Balaban J connectivity index is 1.90. The molecular formula is C11H15NS. The molecule has 1 aromatic carbocycles. The van der Waals surface area contributed by atoms with E-state index in [9.17, 15) is 0 Å². The second-order valence-electron chi connectivity index (χ2n) is 3.39. The van der Waals surface area contributed by atoms with Crippen molar-refractivity contribution in [2.75, 3.05) is 18.8 Å². The van der Waals surface area contributed by atoms with E-state index in [1.807, 2.05) is 0 Å². The van der Waals surface area contributed by atoms with Gasteiger partial charge in [-0.1, -0.05) is 30.3 Å². The van der Waals surface area contributed by atoms with Crippen LogP contribution in [-0.4, -0.2) is 24.1 Å². The second-order valence-corrected chi connectivity index (χ2v) is 4.79. The molecule has 1 aliphatic heterocycles. The first-order chi connectivity index (χ1) is 6.45. The van der Waals surface area contributed by atoms with Crippen LogP contribution in [0.4, 0.5) is 0 Å². The lowest BCUT2D eigenvalue weighted by Crippen LogP contribution is -2.33. The fourth-order valence-electron chi connectivity index (χ4n) is 1.63. The van der Waals surface area contributed by atoms with Gasteiger partial charge < -0.3 is 5.32 Å².